The van der Waals surface area contributed by atoms with Crippen molar-refractivity contribution >= 4 is 5.91 Å². The number of hydrogen-bond donors (Lipinski definition) is 2. The number of hydrogen-bond acceptors (Lipinski definition) is 3. The third-order valence-corrected chi connectivity index (χ3v) is 4.71. The number of rotatable bonds is 5. The van der Waals surface area contributed by atoms with Crippen LogP contribution in [0, 0.1) is 5.92 Å². The molecule has 1 saturated carbocycles. The maximum absolute atomic E-state index is 11.9. The van der Waals surface area contributed by atoms with Crippen LogP contribution in [0.2, 0.25) is 0 Å². The minimum Gasteiger partial charge on any atom is -0.383 e. The molecule has 1 aliphatic carbocycles. The van der Waals surface area contributed by atoms with Gasteiger partial charge in [0.1, 0.15) is 6.10 Å². The van der Waals surface area contributed by atoms with Crippen LogP contribution in [0.3, 0.4) is 0 Å². The molecule has 0 radical (unpaired) electrons. The summed E-state index contributed by atoms with van der Waals surface area (Å²) >= 11 is 0. The fraction of sp³-hybridized carbons (Fsp3) is 0.688. The molecule has 1 amide bonds. The van der Waals surface area contributed by atoms with Gasteiger partial charge in [0.05, 0.1) is 0 Å². The van der Waals surface area contributed by atoms with E-state index in [0.717, 1.165) is 45.3 Å². The van der Waals surface area contributed by atoms with Crippen molar-refractivity contribution < 1.29 is 9.90 Å². The summed E-state index contributed by atoms with van der Waals surface area (Å²) < 4.78 is 2.14. The van der Waals surface area contributed by atoms with Gasteiger partial charge in [0.2, 0.25) is 5.91 Å². The molecule has 1 aliphatic heterocycles. The van der Waals surface area contributed by atoms with E-state index in [0.29, 0.717) is 6.04 Å². The topological polar surface area (TPSA) is 57.5 Å². The van der Waals surface area contributed by atoms with Crippen LogP contribution in [0.1, 0.15) is 31.4 Å². The van der Waals surface area contributed by atoms with E-state index in [2.05, 4.69) is 40.2 Å². The normalized spacial score (nSPS) is 22.2. The van der Waals surface area contributed by atoms with E-state index in [-0.39, 0.29) is 11.8 Å². The number of aliphatic hydroxyl groups excluding tert-OH is 1. The van der Waals surface area contributed by atoms with Crippen LogP contribution < -0.4 is 5.32 Å². The lowest BCUT2D eigenvalue weighted by molar-refractivity contribution is -0.133. The lowest BCUT2D eigenvalue weighted by Gasteiger charge is -2.33. The van der Waals surface area contributed by atoms with E-state index in [1.54, 1.807) is 0 Å². The predicted octanol–water partition coefficient (Wildman–Crippen LogP) is 0.877. The van der Waals surface area contributed by atoms with E-state index in [1.165, 1.54) is 5.69 Å². The van der Waals surface area contributed by atoms with Gasteiger partial charge >= 0.3 is 0 Å². The van der Waals surface area contributed by atoms with Crippen molar-refractivity contribution in [1.82, 2.24) is 14.8 Å². The maximum Gasteiger partial charge on any atom is 0.249 e. The first-order valence-corrected chi connectivity index (χ1v) is 7.94. The van der Waals surface area contributed by atoms with Crippen molar-refractivity contribution in [2.24, 2.45) is 13.0 Å². The molecular formula is C16H25N3O2. The second kappa shape index (κ2) is 6.20. The molecule has 1 atom stereocenters. The Morgan fingerprint density at radius 2 is 2.10 bits per heavy atom. The van der Waals surface area contributed by atoms with Gasteiger partial charge in [-0.05, 0) is 56.8 Å². The molecule has 0 bridgehead atoms. The number of likely N-dealkylation sites (tertiary alicyclic amines) is 1. The molecule has 21 heavy (non-hydrogen) atoms. The lowest BCUT2D eigenvalue weighted by Crippen LogP contribution is -2.45. The van der Waals surface area contributed by atoms with Crippen LogP contribution >= 0.6 is 0 Å². The van der Waals surface area contributed by atoms with Crippen molar-refractivity contribution in [2.45, 2.75) is 44.4 Å². The van der Waals surface area contributed by atoms with Gasteiger partial charge in [-0.15, -0.1) is 0 Å². The quantitative estimate of drug-likeness (QED) is 0.846. The number of nitrogens with one attached hydrogen (secondary N) is 1. The van der Waals surface area contributed by atoms with Crippen molar-refractivity contribution in [2.75, 3.05) is 13.1 Å². The highest BCUT2D eigenvalue weighted by molar-refractivity contribution is 5.81. The minimum atomic E-state index is -0.831. The smallest absolute Gasteiger partial charge is 0.249 e. The van der Waals surface area contributed by atoms with Gasteiger partial charge in [0, 0.05) is 31.5 Å². The van der Waals surface area contributed by atoms with Crippen molar-refractivity contribution in [3.63, 3.8) is 0 Å². The highest BCUT2D eigenvalue weighted by atomic mass is 16.3. The zero-order chi connectivity index (χ0) is 14.8. The van der Waals surface area contributed by atoms with E-state index < -0.39 is 6.10 Å². The van der Waals surface area contributed by atoms with Crippen LogP contribution in [0.5, 0.6) is 0 Å². The number of aromatic nitrogens is 1. The third kappa shape index (κ3) is 3.66. The van der Waals surface area contributed by atoms with Gasteiger partial charge < -0.3 is 15.0 Å². The Bertz CT molecular complexity index is 487. The Morgan fingerprint density at radius 1 is 1.38 bits per heavy atom. The lowest BCUT2D eigenvalue weighted by atomic mass is 9.90. The van der Waals surface area contributed by atoms with Gasteiger partial charge in [0.25, 0.3) is 0 Å². The van der Waals surface area contributed by atoms with Crippen LogP contribution in [0.4, 0.5) is 0 Å². The van der Waals surface area contributed by atoms with Crippen LogP contribution in [0.25, 0.3) is 0 Å². The van der Waals surface area contributed by atoms with Gasteiger partial charge in [-0.25, -0.2) is 0 Å². The summed E-state index contributed by atoms with van der Waals surface area (Å²) in [5.74, 6) is -0.0632. The summed E-state index contributed by atoms with van der Waals surface area (Å²) in [6, 6.07) is 4.53. The van der Waals surface area contributed by atoms with Gasteiger partial charge in [-0.2, -0.15) is 0 Å². The molecule has 116 valence electrons. The Hall–Kier alpha value is -1.33. The molecule has 2 heterocycles. The van der Waals surface area contributed by atoms with Crippen molar-refractivity contribution in [3.8, 4) is 0 Å². The molecular weight excluding hydrogens is 266 g/mol. The van der Waals surface area contributed by atoms with E-state index >= 15 is 0 Å². The largest absolute Gasteiger partial charge is 0.383 e. The monoisotopic (exact) mass is 291 g/mol. The molecule has 1 saturated heterocycles. The summed E-state index contributed by atoms with van der Waals surface area (Å²) in [4.78, 5) is 14.3. The van der Waals surface area contributed by atoms with E-state index in [9.17, 15) is 9.90 Å². The molecule has 1 aromatic rings. The molecule has 5 heteroatoms. The fourth-order valence-electron chi connectivity index (χ4n) is 3.04. The molecule has 0 spiro atoms. The van der Waals surface area contributed by atoms with Crippen molar-refractivity contribution in [1.29, 1.82) is 0 Å². The third-order valence-electron chi connectivity index (χ3n) is 4.71. The molecule has 5 nitrogen and oxygen atoms in total. The SMILES string of the molecule is Cn1cccc1CN1CCC([C@H](O)C(=O)NC2CC2)CC1. The van der Waals surface area contributed by atoms with Crippen LogP contribution in [-0.2, 0) is 18.4 Å². The molecule has 3 rings (SSSR count). The number of amides is 1. The van der Waals surface area contributed by atoms with Crippen molar-refractivity contribution in [3.05, 3.63) is 24.0 Å². The number of aryl methyl sites for hydroxylation is 1. The first-order valence-electron chi connectivity index (χ1n) is 7.94. The fourth-order valence-corrected chi connectivity index (χ4v) is 3.04. The molecule has 0 unspecified atom stereocenters. The summed E-state index contributed by atoms with van der Waals surface area (Å²) in [5.41, 5.74) is 1.31. The average molecular weight is 291 g/mol. The number of carbonyl (C=O) groups excluding carboxylic acids is 1. The van der Waals surface area contributed by atoms with Gasteiger partial charge in [-0.3, -0.25) is 9.69 Å². The first-order chi connectivity index (χ1) is 10.1. The zero-order valence-electron chi connectivity index (χ0n) is 12.7. The average Bonchev–Trinajstić information content (AvgIpc) is 3.21. The zero-order valence-corrected chi connectivity index (χ0v) is 12.7. The van der Waals surface area contributed by atoms with Gasteiger partial charge in [0.15, 0.2) is 0 Å². The summed E-state index contributed by atoms with van der Waals surface area (Å²) in [6.07, 6.45) is 5.14. The van der Waals surface area contributed by atoms with E-state index in [1.807, 2.05) is 0 Å². The molecule has 2 aliphatic rings. The minimum absolute atomic E-state index is 0.105. The van der Waals surface area contributed by atoms with E-state index in [4.69, 9.17) is 0 Å². The predicted molar refractivity (Wildman–Crippen MR) is 80.6 cm³/mol. The number of aliphatic hydroxyl groups is 1. The standard InChI is InChI=1S/C16H25N3O2/c1-18-8-2-3-14(18)11-19-9-6-12(7-10-19)15(20)16(21)17-13-4-5-13/h2-3,8,12-13,15,20H,4-7,9-11H2,1H3,(H,17,21)/t15-/m0/s1. The Morgan fingerprint density at radius 3 is 2.67 bits per heavy atom. The molecule has 2 N–H and O–H groups in total. The van der Waals surface area contributed by atoms with Crippen LogP contribution in [0.15, 0.2) is 18.3 Å². The second-order valence-corrected chi connectivity index (χ2v) is 6.45. The van der Waals surface area contributed by atoms with Gasteiger partial charge in [-0.1, -0.05) is 0 Å². The Labute approximate surface area is 125 Å². The number of carbonyl (C=O) groups is 1. The number of nitrogens with zero attached hydrogens (tertiary/aromatic N) is 2. The second-order valence-electron chi connectivity index (χ2n) is 6.45. The summed E-state index contributed by atoms with van der Waals surface area (Å²) in [6.45, 7) is 2.84. The Kier molecular flexibility index (Phi) is 4.31. The highest BCUT2D eigenvalue weighted by Gasteiger charge is 2.32. The highest BCUT2D eigenvalue weighted by Crippen LogP contribution is 2.24. The first kappa shape index (κ1) is 14.6. The molecule has 0 aromatic carbocycles. The maximum atomic E-state index is 11.9. The summed E-state index contributed by atoms with van der Waals surface area (Å²) in [5, 5.41) is 13.1. The molecule has 2 fully saturated rings. The summed E-state index contributed by atoms with van der Waals surface area (Å²) in [7, 11) is 2.06. The van der Waals surface area contributed by atoms with Crippen LogP contribution in [-0.4, -0.2) is 45.7 Å². The number of piperidine rings is 1. The Balaban J connectivity index is 1.45. The molecule has 1 aromatic heterocycles.